The van der Waals surface area contributed by atoms with Crippen molar-refractivity contribution in [3.05, 3.63) is 41.2 Å². The van der Waals surface area contributed by atoms with Gasteiger partial charge in [0.15, 0.2) is 0 Å². The highest BCUT2D eigenvalue weighted by molar-refractivity contribution is 6.00. The van der Waals surface area contributed by atoms with Crippen molar-refractivity contribution >= 4 is 11.9 Å². The van der Waals surface area contributed by atoms with Crippen molar-refractivity contribution in [2.24, 2.45) is 0 Å². The zero-order valence-electron chi connectivity index (χ0n) is 9.69. The van der Waals surface area contributed by atoms with Crippen LogP contribution in [0.1, 0.15) is 19.5 Å². The molecule has 0 spiro atoms. The number of carboxylic acids is 1. The summed E-state index contributed by atoms with van der Waals surface area (Å²) in [6.07, 6.45) is 1.62. The number of carbonyl (C=O) groups excluding carboxylic acids is 2. The number of aliphatic carboxylic acids is 1. The van der Waals surface area contributed by atoms with Crippen molar-refractivity contribution in [2.45, 2.75) is 20.4 Å². The van der Waals surface area contributed by atoms with Crippen molar-refractivity contribution in [1.82, 2.24) is 10.3 Å². The van der Waals surface area contributed by atoms with Gasteiger partial charge in [0, 0.05) is 11.8 Å². The number of amides is 1. The van der Waals surface area contributed by atoms with Crippen molar-refractivity contribution in [2.75, 3.05) is 0 Å². The summed E-state index contributed by atoms with van der Waals surface area (Å²) in [5, 5.41) is 13.1. The van der Waals surface area contributed by atoms with Gasteiger partial charge < -0.3 is 15.2 Å². The molecule has 1 aromatic heterocycles. The molecule has 0 bridgehead atoms. The summed E-state index contributed by atoms with van der Waals surface area (Å²) in [5.41, 5.74) is 0.782. The number of nitrogens with zero attached hydrogens (tertiary/aromatic N) is 1. The van der Waals surface area contributed by atoms with Gasteiger partial charge in [-0.25, -0.2) is 0 Å². The fraction of sp³-hybridized carbons (Fsp3) is 0.250. The highest BCUT2D eigenvalue weighted by Gasteiger charge is 2.08. The SMILES string of the molecule is C/C(C(=O)[O-])=C(\C)C(=O)NCc1ccccn1. The van der Waals surface area contributed by atoms with E-state index in [-0.39, 0.29) is 17.7 Å². The molecule has 0 aliphatic rings. The van der Waals surface area contributed by atoms with Crippen molar-refractivity contribution < 1.29 is 14.7 Å². The van der Waals surface area contributed by atoms with E-state index >= 15 is 0 Å². The topological polar surface area (TPSA) is 82.1 Å². The van der Waals surface area contributed by atoms with Gasteiger partial charge in [-0.05, 0) is 31.6 Å². The molecule has 90 valence electrons. The predicted octanol–water partition coefficient (Wildman–Crippen LogP) is -0.216. The highest BCUT2D eigenvalue weighted by atomic mass is 16.4. The van der Waals surface area contributed by atoms with Crippen molar-refractivity contribution in [1.29, 1.82) is 0 Å². The molecule has 0 radical (unpaired) electrons. The van der Waals surface area contributed by atoms with Gasteiger partial charge in [-0.3, -0.25) is 9.78 Å². The summed E-state index contributed by atoms with van der Waals surface area (Å²) in [4.78, 5) is 26.2. The van der Waals surface area contributed by atoms with Crippen LogP contribution in [0.3, 0.4) is 0 Å². The fourth-order valence-electron chi connectivity index (χ4n) is 1.13. The average molecular weight is 233 g/mol. The first-order valence-corrected chi connectivity index (χ1v) is 5.09. The number of carbonyl (C=O) groups is 2. The molecule has 1 heterocycles. The normalized spacial score (nSPS) is 11.6. The smallest absolute Gasteiger partial charge is 0.247 e. The number of hydrogen-bond donors (Lipinski definition) is 1. The number of aromatic nitrogens is 1. The quantitative estimate of drug-likeness (QED) is 0.729. The minimum Gasteiger partial charge on any atom is -0.545 e. The molecule has 0 atom stereocenters. The second-order valence-electron chi connectivity index (χ2n) is 3.54. The Morgan fingerprint density at radius 3 is 2.53 bits per heavy atom. The highest BCUT2D eigenvalue weighted by Crippen LogP contribution is 2.02. The third kappa shape index (κ3) is 3.71. The van der Waals surface area contributed by atoms with E-state index in [4.69, 9.17) is 0 Å². The molecule has 0 saturated heterocycles. The monoisotopic (exact) mass is 233 g/mol. The van der Waals surface area contributed by atoms with Crippen LogP contribution in [0.2, 0.25) is 0 Å². The molecule has 0 unspecified atom stereocenters. The fourth-order valence-corrected chi connectivity index (χ4v) is 1.13. The Labute approximate surface area is 99.2 Å². The Morgan fingerprint density at radius 1 is 1.29 bits per heavy atom. The molecule has 1 amide bonds. The minimum atomic E-state index is -1.34. The molecular weight excluding hydrogens is 220 g/mol. The standard InChI is InChI=1S/C12H14N2O3/c1-8(9(2)12(16)17)11(15)14-7-10-5-3-4-6-13-10/h3-6H,7H2,1-2H3,(H,14,15)(H,16,17)/p-1/b9-8-. The summed E-state index contributed by atoms with van der Waals surface area (Å²) in [6.45, 7) is 3.04. The summed E-state index contributed by atoms with van der Waals surface area (Å²) < 4.78 is 0. The molecule has 17 heavy (non-hydrogen) atoms. The van der Waals surface area contributed by atoms with Crippen LogP contribution in [-0.2, 0) is 16.1 Å². The van der Waals surface area contributed by atoms with E-state index in [2.05, 4.69) is 10.3 Å². The second kappa shape index (κ2) is 5.79. The largest absolute Gasteiger partial charge is 0.545 e. The van der Waals surface area contributed by atoms with E-state index in [9.17, 15) is 14.7 Å². The summed E-state index contributed by atoms with van der Waals surface area (Å²) in [7, 11) is 0. The van der Waals surface area contributed by atoms with Crippen molar-refractivity contribution in [3.63, 3.8) is 0 Å². The van der Waals surface area contributed by atoms with E-state index in [0.29, 0.717) is 5.69 Å². The van der Waals surface area contributed by atoms with Crippen LogP contribution >= 0.6 is 0 Å². The molecule has 0 aliphatic carbocycles. The Morgan fingerprint density at radius 2 is 2.00 bits per heavy atom. The number of hydrogen-bond acceptors (Lipinski definition) is 4. The van der Waals surface area contributed by atoms with Crippen molar-refractivity contribution in [3.8, 4) is 0 Å². The van der Waals surface area contributed by atoms with Gasteiger partial charge in [-0.1, -0.05) is 6.07 Å². The first kappa shape index (κ1) is 12.9. The van der Waals surface area contributed by atoms with Crippen LogP contribution < -0.4 is 10.4 Å². The van der Waals surface area contributed by atoms with Gasteiger partial charge in [-0.2, -0.15) is 0 Å². The predicted molar refractivity (Wildman–Crippen MR) is 59.5 cm³/mol. The molecule has 1 aromatic rings. The maximum absolute atomic E-state index is 11.6. The summed E-state index contributed by atoms with van der Waals surface area (Å²) in [6, 6.07) is 5.35. The second-order valence-corrected chi connectivity index (χ2v) is 3.54. The minimum absolute atomic E-state index is 0.0662. The van der Waals surface area contributed by atoms with E-state index in [1.54, 1.807) is 18.3 Å². The van der Waals surface area contributed by atoms with Gasteiger partial charge in [0.1, 0.15) is 0 Å². The number of pyridine rings is 1. The summed E-state index contributed by atoms with van der Waals surface area (Å²) in [5.74, 6) is -1.77. The zero-order valence-corrected chi connectivity index (χ0v) is 9.69. The summed E-state index contributed by atoms with van der Waals surface area (Å²) >= 11 is 0. The van der Waals surface area contributed by atoms with Gasteiger partial charge in [0.05, 0.1) is 18.2 Å². The molecule has 0 aliphatic heterocycles. The Bertz CT molecular complexity index is 452. The van der Waals surface area contributed by atoms with Crippen LogP contribution in [-0.4, -0.2) is 16.9 Å². The average Bonchev–Trinajstić information content (AvgIpc) is 2.35. The van der Waals surface area contributed by atoms with Crippen LogP contribution in [0.5, 0.6) is 0 Å². The first-order valence-electron chi connectivity index (χ1n) is 5.09. The molecule has 1 N–H and O–H groups in total. The first-order chi connectivity index (χ1) is 8.02. The van der Waals surface area contributed by atoms with E-state index in [0.717, 1.165) is 0 Å². The molecule has 1 rings (SSSR count). The third-order valence-corrected chi connectivity index (χ3v) is 2.37. The van der Waals surface area contributed by atoms with Gasteiger partial charge in [0.25, 0.3) is 0 Å². The van der Waals surface area contributed by atoms with Crippen LogP contribution in [0.4, 0.5) is 0 Å². The lowest BCUT2D eigenvalue weighted by molar-refractivity contribution is -0.299. The Balaban J connectivity index is 2.62. The maximum Gasteiger partial charge on any atom is 0.247 e. The zero-order chi connectivity index (χ0) is 12.8. The number of nitrogens with one attached hydrogen (secondary N) is 1. The van der Waals surface area contributed by atoms with E-state index in [1.807, 2.05) is 6.07 Å². The number of carboxylic acid groups (broad SMARTS) is 1. The van der Waals surface area contributed by atoms with Gasteiger partial charge >= 0.3 is 0 Å². The molecule has 5 heteroatoms. The van der Waals surface area contributed by atoms with Crippen LogP contribution in [0.25, 0.3) is 0 Å². The van der Waals surface area contributed by atoms with Gasteiger partial charge in [-0.15, -0.1) is 0 Å². The molecule has 0 aromatic carbocycles. The number of rotatable bonds is 4. The maximum atomic E-state index is 11.6. The van der Waals surface area contributed by atoms with Crippen LogP contribution in [0.15, 0.2) is 35.5 Å². The lowest BCUT2D eigenvalue weighted by Crippen LogP contribution is -2.29. The van der Waals surface area contributed by atoms with E-state index < -0.39 is 11.9 Å². The van der Waals surface area contributed by atoms with Crippen LogP contribution in [0, 0.1) is 0 Å². The molecule has 0 saturated carbocycles. The lowest BCUT2D eigenvalue weighted by Gasteiger charge is -2.09. The third-order valence-electron chi connectivity index (χ3n) is 2.37. The van der Waals surface area contributed by atoms with Gasteiger partial charge in [0.2, 0.25) is 5.91 Å². The molecular formula is C12H13N2O3-. The Kier molecular flexibility index (Phi) is 4.39. The molecule has 5 nitrogen and oxygen atoms in total. The Hall–Kier alpha value is -2.17. The lowest BCUT2D eigenvalue weighted by atomic mass is 10.1. The molecule has 0 fully saturated rings. The van der Waals surface area contributed by atoms with E-state index in [1.165, 1.54) is 13.8 Å².